The third kappa shape index (κ3) is 3.35. The van der Waals surface area contributed by atoms with Crippen LogP contribution in [-0.2, 0) is 0 Å². The monoisotopic (exact) mass is 376 g/mol. The SMILES string of the molecule is Cc1ccn2c(=O)c(C(=O)NC3C4CCCC3CC(N)C4)cnc2c1.Cl. The molecule has 2 unspecified atom stereocenters. The molecule has 0 aromatic carbocycles. The maximum atomic E-state index is 12.8. The van der Waals surface area contributed by atoms with Crippen molar-refractivity contribution in [2.75, 3.05) is 0 Å². The summed E-state index contributed by atoms with van der Waals surface area (Å²) in [4.78, 5) is 29.7. The number of fused-ring (bicyclic) bond motifs is 3. The number of aromatic nitrogens is 2. The van der Waals surface area contributed by atoms with Crippen LogP contribution in [0.3, 0.4) is 0 Å². The minimum atomic E-state index is -0.319. The van der Waals surface area contributed by atoms with Crippen LogP contribution >= 0.6 is 12.4 Å². The summed E-state index contributed by atoms with van der Waals surface area (Å²) in [6, 6.07) is 4.03. The second-order valence-electron chi connectivity index (χ2n) is 7.59. The number of hydrogen-bond donors (Lipinski definition) is 2. The summed E-state index contributed by atoms with van der Waals surface area (Å²) < 4.78 is 1.43. The van der Waals surface area contributed by atoms with Gasteiger partial charge in [0.25, 0.3) is 11.5 Å². The first-order valence-electron chi connectivity index (χ1n) is 9.07. The molecule has 2 fully saturated rings. The molecule has 2 heterocycles. The molecule has 2 bridgehead atoms. The van der Waals surface area contributed by atoms with Crippen LogP contribution in [0.5, 0.6) is 0 Å². The summed E-state index contributed by atoms with van der Waals surface area (Å²) in [5, 5.41) is 3.13. The molecule has 0 saturated heterocycles. The molecule has 2 aromatic heterocycles. The summed E-state index contributed by atoms with van der Waals surface area (Å²) in [7, 11) is 0. The largest absolute Gasteiger partial charge is 0.349 e. The maximum absolute atomic E-state index is 12.8. The van der Waals surface area contributed by atoms with Crippen LogP contribution in [0.15, 0.2) is 29.3 Å². The van der Waals surface area contributed by atoms with E-state index in [4.69, 9.17) is 5.73 Å². The van der Waals surface area contributed by atoms with E-state index in [2.05, 4.69) is 10.3 Å². The van der Waals surface area contributed by atoms with Crippen molar-refractivity contribution in [3.05, 3.63) is 46.0 Å². The van der Waals surface area contributed by atoms with Crippen LogP contribution < -0.4 is 16.6 Å². The first-order chi connectivity index (χ1) is 12.0. The van der Waals surface area contributed by atoms with Crippen molar-refractivity contribution >= 4 is 24.0 Å². The lowest BCUT2D eigenvalue weighted by Gasteiger charge is -2.45. The quantitative estimate of drug-likeness (QED) is 0.839. The van der Waals surface area contributed by atoms with E-state index in [1.54, 1.807) is 6.20 Å². The molecular weight excluding hydrogens is 352 g/mol. The van der Waals surface area contributed by atoms with Crippen molar-refractivity contribution in [1.82, 2.24) is 14.7 Å². The number of aryl methyl sites for hydroxylation is 1. The third-order valence-corrected chi connectivity index (χ3v) is 5.78. The van der Waals surface area contributed by atoms with Crippen LogP contribution in [-0.4, -0.2) is 27.4 Å². The zero-order valence-electron chi connectivity index (χ0n) is 14.9. The van der Waals surface area contributed by atoms with Gasteiger partial charge in [-0.25, -0.2) is 4.98 Å². The predicted octanol–water partition coefficient (Wildman–Crippen LogP) is 2.06. The minimum Gasteiger partial charge on any atom is -0.349 e. The second kappa shape index (κ2) is 7.37. The Morgan fingerprint density at radius 1 is 1.31 bits per heavy atom. The zero-order valence-corrected chi connectivity index (χ0v) is 15.7. The van der Waals surface area contributed by atoms with Crippen molar-refractivity contribution in [1.29, 1.82) is 0 Å². The van der Waals surface area contributed by atoms with E-state index in [1.807, 2.05) is 19.1 Å². The van der Waals surface area contributed by atoms with Crippen LogP contribution in [0.4, 0.5) is 0 Å². The Balaban J connectivity index is 0.00000196. The van der Waals surface area contributed by atoms with Gasteiger partial charge in [0.2, 0.25) is 0 Å². The van der Waals surface area contributed by atoms with Gasteiger partial charge >= 0.3 is 0 Å². The van der Waals surface area contributed by atoms with Gasteiger partial charge in [0.15, 0.2) is 0 Å². The molecule has 140 valence electrons. The number of hydrogen-bond acceptors (Lipinski definition) is 4. The summed E-state index contributed by atoms with van der Waals surface area (Å²) in [5.41, 5.74) is 7.52. The first kappa shape index (κ1) is 18.9. The number of amides is 1. The Bertz CT molecular complexity index is 867. The number of nitrogens with zero attached hydrogens (tertiary/aromatic N) is 2. The average Bonchev–Trinajstić information content (AvgIpc) is 2.55. The summed E-state index contributed by atoms with van der Waals surface area (Å²) in [6.45, 7) is 1.94. The molecule has 2 atom stereocenters. The highest BCUT2D eigenvalue weighted by molar-refractivity contribution is 5.94. The summed E-state index contributed by atoms with van der Waals surface area (Å²) in [5.74, 6) is 0.528. The zero-order chi connectivity index (χ0) is 17.6. The van der Waals surface area contributed by atoms with Crippen molar-refractivity contribution in [2.24, 2.45) is 17.6 Å². The molecule has 7 heteroatoms. The van der Waals surface area contributed by atoms with Crippen molar-refractivity contribution in [2.45, 2.75) is 51.1 Å². The van der Waals surface area contributed by atoms with E-state index < -0.39 is 0 Å². The van der Waals surface area contributed by atoms with Gasteiger partial charge in [0.1, 0.15) is 11.2 Å². The van der Waals surface area contributed by atoms with E-state index in [0.29, 0.717) is 17.5 Å². The molecule has 2 aliphatic carbocycles. The van der Waals surface area contributed by atoms with Crippen LogP contribution in [0, 0.1) is 18.8 Å². The lowest BCUT2D eigenvalue weighted by molar-refractivity contribution is 0.0754. The highest BCUT2D eigenvalue weighted by Crippen LogP contribution is 2.39. The summed E-state index contributed by atoms with van der Waals surface area (Å²) in [6.07, 6.45) is 8.38. The van der Waals surface area contributed by atoms with Crippen LogP contribution in [0.25, 0.3) is 5.65 Å². The van der Waals surface area contributed by atoms with Gasteiger partial charge in [-0.05, 0) is 62.1 Å². The maximum Gasteiger partial charge on any atom is 0.270 e. The lowest BCUT2D eigenvalue weighted by atomic mass is 9.67. The molecule has 26 heavy (non-hydrogen) atoms. The first-order valence-corrected chi connectivity index (χ1v) is 9.07. The standard InChI is InChI=1S/C19H24N4O2.ClH/c1-11-5-6-23-16(7-11)21-10-15(19(23)25)18(24)22-17-12-3-2-4-13(17)9-14(20)8-12;/h5-7,10,12-14,17H,2-4,8-9,20H2,1H3,(H,22,24);1H. The van der Waals surface area contributed by atoms with Gasteiger partial charge < -0.3 is 11.1 Å². The predicted molar refractivity (Wildman–Crippen MR) is 103 cm³/mol. The number of carbonyl (C=O) groups is 1. The fraction of sp³-hybridized carbons (Fsp3) is 0.526. The number of nitrogens with two attached hydrogens (primary N) is 1. The topological polar surface area (TPSA) is 89.5 Å². The number of pyridine rings is 1. The molecule has 2 aliphatic rings. The molecule has 4 rings (SSSR count). The van der Waals surface area contributed by atoms with Crippen molar-refractivity contribution < 1.29 is 4.79 Å². The number of rotatable bonds is 2. The molecule has 0 radical (unpaired) electrons. The van der Waals surface area contributed by atoms with Crippen molar-refractivity contribution in [3.63, 3.8) is 0 Å². The van der Waals surface area contributed by atoms with Crippen molar-refractivity contribution in [3.8, 4) is 0 Å². The molecular formula is C19H25ClN4O2. The molecule has 0 aliphatic heterocycles. The average molecular weight is 377 g/mol. The van der Waals surface area contributed by atoms with Gasteiger partial charge in [0, 0.05) is 24.5 Å². The van der Waals surface area contributed by atoms with E-state index in [9.17, 15) is 9.59 Å². The fourth-order valence-electron chi connectivity index (χ4n) is 4.59. The fourth-order valence-corrected chi connectivity index (χ4v) is 4.59. The molecule has 2 saturated carbocycles. The molecule has 2 aromatic rings. The Hall–Kier alpha value is -1.92. The van der Waals surface area contributed by atoms with Gasteiger partial charge in [-0.1, -0.05) is 6.42 Å². The van der Waals surface area contributed by atoms with Crippen LogP contribution in [0.1, 0.15) is 48.0 Å². The Labute approximate surface area is 158 Å². The van der Waals surface area contributed by atoms with Gasteiger partial charge in [-0.2, -0.15) is 0 Å². The minimum absolute atomic E-state index is 0. The highest BCUT2D eigenvalue weighted by atomic mass is 35.5. The number of nitrogens with one attached hydrogen (secondary N) is 1. The Morgan fingerprint density at radius 2 is 2.00 bits per heavy atom. The van der Waals surface area contributed by atoms with Gasteiger partial charge in [0.05, 0.1) is 0 Å². The normalized spacial score (nSPS) is 27.6. The Kier molecular flexibility index (Phi) is 5.34. The molecule has 0 spiro atoms. The molecule has 1 amide bonds. The van der Waals surface area contributed by atoms with Gasteiger partial charge in [-0.3, -0.25) is 14.0 Å². The number of halogens is 1. The summed E-state index contributed by atoms with van der Waals surface area (Å²) >= 11 is 0. The highest BCUT2D eigenvalue weighted by Gasteiger charge is 2.40. The van der Waals surface area contributed by atoms with Gasteiger partial charge in [-0.15, -0.1) is 12.4 Å². The van der Waals surface area contributed by atoms with E-state index in [0.717, 1.165) is 31.2 Å². The number of carbonyl (C=O) groups excluding carboxylic acids is 1. The van der Waals surface area contributed by atoms with E-state index in [-0.39, 0.29) is 41.5 Å². The van der Waals surface area contributed by atoms with Crippen LogP contribution in [0.2, 0.25) is 0 Å². The van der Waals surface area contributed by atoms with E-state index >= 15 is 0 Å². The van der Waals surface area contributed by atoms with E-state index in [1.165, 1.54) is 17.0 Å². The smallest absolute Gasteiger partial charge is 0.270 e. The molecule has 3 N–H and O–H groups in total. The second-order valence-corrected chi connectivity index (χ2v) is 7.59. The lowest BCUT2D eigenvalue weighted by Crippen LogP contribution is -2.54. The third-order valence-electron chi connectivity index (χ3n) is 5.78. The Morgan fingerprint density at radius 3 is 2.69 bits per heavy atom. The molecule has 6 nitrogen and oxygen atoms in total.